The number of nitrogens with zero attached hydrogens (tertiary/aromatic N) is 4. The lowest BCUT2D eigenvalue weighted by Gasteiger charge is -2.09. The molecular formula is C15H14N4O2. The fourth-order valence-corrected chi connectivity index (χ4v) is 2.15. The van der Waals surface area contributed by atoms with Crippen molar-refractivity contribution in [3.8, 4) is 5.88 Å². The lowest BCUT2D eigenvalue weighted by molar-refractivity contribution is 0.101. The Morgan fingerprint density at radius 3 is 2.67 bits per heavy atom. The molecule has 0 amide bonds. The number of carbonyl (C=O) groups excluding carboxylic acids is 1. The molecule has 0 spiro atoms. The summed E-state index contributed by atoms with van der Waals surface area (Å²) in [6.45, 7) is 1.76. The summed E-state index contributed by atoms with van der Waals surface area (Å²) in [6.07, 6.45) is 3.16. The molecule has 0 unspecified atom stereocenters. The molecule has 3 rings (SSSR count). The SMILES string of the molecule is CC(=O)c1cnc(OCc2ncn(C)n2)c2ccccc12. The third kappa shape index (κ3) is 2.60. The average Bonchev–Trinajstić information content (AvgIpc) is 2.90. The molecule has 21 heavy (non-hydrogen) atoms. The fourth-order valence-electron chi connectivity index (χ4n) is 2.15. The smallest absolute Gasteiger partial charge is 0.221 e. The van der Waals surface area contributed by atoms with Gasteiger partial charge in [-0.15, -0.1) is 0 Å². The van der Waals surface area contributed by atoms with E-state index in [9.17, 15) is 4.79 Å². The van der Waals surface area contributed by atoms with E-state index in [2.05, 4.69) is 15.1 Å². The molecular weight excluding hydrogens is 268 g/mol. The zero-order valence-electron chi connectivity index (χ0n) is 11.8. The first-order valence-corrected chi connectivity index (χ1v) is 6.51. The molecule has 0 aliphatic rings. The van der Waals surface area contributed by atoms with Crippen LogP contribution in [-0.2, 0) is 13.7 Å². The highest BCUT2D eigenvalue weighted by Crippen LogP contribution is 2.26. The van der Waals surface area contributed by atoms with Gasteiger partial charge in [-0.25, -0.2) is 9.97 Å². The van der Waals surface area contributed by atoms with Crippen LogP contribution in [0.1, 0.15) is 23.1 Å². The van der Waals surface area contributed by atoms with Crippen LogP contribution in [0, 0.1) is 0 Å². The molecule has 0 aliphatic carbocycles. The van der Waals surface area contributed by atoms with E-state index in [1.54, 1.807) is 24.3 Å². The number of carbonyl (C=O) groups is 1. The van der Waals surface area contributed by atoms with Gasteiger partial charge in [-0.1, -0.05) is 18.2 Å². The number of hydrogen-bond acceptors (Lipinski definition) is 5. The van der Waals surface area contributed by atoms with Crippen LogP contribution in [0.2, 0.25) is 0 Å². The maximum atomic E-state index is 11.6. The lowest BCUT2D eigenvalue weighted by Crippen LogP contribution is -2.03. The Labute approximate surface area is 121 Å². The third-order valence-electron chi connectivity index (χ3n) is 3.12. The van der Waals surface area contributed by atoms with Gasteiger partial charge in [0.05, 0.1) is 0 Å². The molecule has 0 fully saturated rings. The van der Waals surface area contributed by atoms with Crippen molar-refractivity contribution in [2.75, 3.05) is 0 Å². The molecule has 0 bridgehead atoms. The van der Waals surface area contributed by atoms with Gasteiger partial charge in [-0.3, -0.25) is 9.48 Å². The van der Waals surface area contributed by atoms with E-state index in [0.717, 1.165) is 10.8 Å². The zero-order valence-corrected chi connectivity index (χ0v) is 11.8. The second kappa shape index (κ2) is 5.32. The fraction of sp³-hybridized carbons (Fsp3) is 0.200. The van der Waals surface area contributed by atoms with E-state index in [1.165, 1.54) is 6.92 Å². The normalized spacial score (nSPS) is 10.8. The molecule has 2 heterocycles. The van der Waals surface area contributed by atoms with Crippen LogP contribution in [0.5, 0.6) is 5.88 Å². The monoisotopic (exact) mass is 282 g/mol. The van der Waals surface area contributed by atoms with Crippen LogP contribution in [0.15, 0.2) is 36.8 Å². The first-order valence-electron chi connectivity index (χ1n) is 6.51. The van der Waals surface area contributed by atoms with Crippen molar-refractivity contribution < 1.29 is 9.53 Å². The Morgan fingerprint density at radius 2 is 2.00 bits per heavy atom. The summed E-state index contributed by atoms with van der Waals surface area (Å²) in [5.74, 6) is 1.04. The van der Waals surface area contributed by atoms with E-state index in [1.807, 2.05) is 24.3 Å². The van der Waals surface area contributed by atoms with Crippen LogP contribution in [-0.4, -0.2) is 25.5 Å². The molecule has 6 heteroatoms. The lowest BCUT2D eigenvalue weighted by atomic mass is 10.1. The Balaban J connectivity index is 1.96. The molecule has 0 radical (unpaired) electrons. The number of Topliss-reactive ketones (excluding diaryl/α,β-unsaturated/α-hetero) is 1. The number of rotatable bonds is 4. The first kappa shape index (κ1) is 13.2. The van der Waals surface area contributed by atoms with Gasteiger partial charge in [-0.2, -0.15) is 5.10 Å². The summed E-state index contributed by atoms with van der Waals surface area (Å²) in [5.41, 5.74) is 0.592. The van der Waals surface area contributed by atoms with Crippen molar-refractivity contribution in [1.82, 2.24) is 19.7 Å². The van der Waals surface area contributed by atoms with Gasteiger partial charge in [0.2, 0.25) is 5.88 Å². The number of fused-ring (bicyclic) bond motifs is 1. The number of aromatic nitrogens is 4. The topological polar surface area (TPSA) is 69.9 Å². The Kier molecular flexibility index (Phi) is 3.35. The first-order chi connectivity index (χ1) is 10.1. The summed E-state index contributed by atoms with van der Waals surface area (Å²) in [7, 11) is 1.80. The average molecular weight is 282 g/mol. The molecule has 2 aromatic heterocycles. The molecule has 0 saturated heterocycles. The second-order valence-electron chi connectivity index (χ2n) is 4.70. The van der Waals surface area contributed by atoms with Crippen molar-refractivity contribution >= 4 is 16.6 Å². The number of hydrogen-bond donors (Lipinski definition) is 0. The molecule has 6 nitrogen and oxygen atoms in total. The quantitative estimate of drug-likeness (QED) is 0.686. The third-order valence-corrected chi connectivity index (χ3v) is 3.12. The van der Waals surface area contributed by atoms with Gasteiger partial charge in [0.1, 0.15) is 6.33 Å². The highest BCUT2D eigenvalue weighted by Gasteiger charge is 2.11. The van der Waals surface area contributed by atoms with Gasteiger partial charge in [-0.05, 0) is 18.4 Å². The molecule has 0 atom stereocenters. The largest absolute Gasteiger partial charge is 0.469 e. The standard InChI is InChI=1S/C15H14N4O2/c1-10(20)13-7-16-15(12-6-4-3-5-11(12)13)21-8-14-17-9-19(2)18-14/h3-7,9H,8H2,1-2H3. The van der Waals surface area contributed by atoms with Crippen molar-refractivity contribution in [3.63, 3.8) is 0 Å². The Hall–Kier alpha value is -2.76. The molecule has 0 saturated carbocycles. The van der Waals surface area contributed by atoms with Gasteiger partial charge in [0, 0.05) is 24.2 Å². The highest BCUT2D eigenvalue weighted by atomic mass is 16.5. The second-order valence-corrected chi connectivity index (χ2v) is 4.70. The van der Waals surface area contributed by atoms with E-state index in [-0.39, 0.29) is 12.4 Å². The van der Waals surface area contributed by atoms with E-state index >= 15 is 0 Å². The van der Waals surface area contributed by atoms with E-state index in [0.29, 0.717) is 17.3 Å². The predicted octanol–water partition coefficient (Wildman–Crippen LogP) is 2.14. The van der Waals surface area contributed by atoms with E-state index in [4.69, 9.17) is 4.74 Å². The van der Waals surface area contributed by atoms with Crippen LogP contribution < -0.4 is 4.74 Å². The summed E-state index contributed by atoms with van der Waals surface area (Å²) in [6, 6.07) is 7.55. The number of ether oxygens (including phenoxy) is 1. The van der Waals surface area contributed by atoms with Crippen LogP contribution in [0.4, 0.5) is 0 Å². The maximum absolute atomic E-state index is 11.6. The van der Waals surface area contributed by atoms with Crippen molar-refractivity contribution in [1.29, 1.82) is 0 Å². The molecule has 0 aliphatic heterocycles. The van der Waals surface area contributed by atoms with Gasteiger partial charge >= 0.3 is 0 Å². The summed E-state index contributed by atoms with van der Waals surface area (Å²) in [4.78, 5) is 20.0. The van der Waals surface area contributed by atoms with Gasteiger partial charge in [0.15, 0.2) is 18.2 Å². The maximum Gasteiger partial charge on any atom is 0.221 e. The molecule has 106 valence electrons. The molecule has 0 N–H and O–H groups in total. The van der Waals surface area contributed by atoms with E-state index < -0.39 is 0 Å². The predicted molar refractivity (Wildman–Crippen MR) is 77.1 cm³/mol. The Morgan fingerprint density at radius 1 is 1.24 bits per heavy atom. The zero-order chi connectivity index (χ0) is 14.8. The number of ketones is 1. The van der Waals surface area contributed by atoms with Crippen LogP contribution in [0.3, 0.4) is 0 Å². The highest BCUT2D eigenvalue weighted by molar-refractivity contribution is 6.07. The van der Waals surface area contributed by atoms with Crippen LogP contribution in [0.25, 0.3) is 10.8 Å². The number of benzene rings is 1. The molecule has 1 aromatic carbocycles. The molecule has 3 aromatic rings. The summed E-state index contributed by atoms with van der Waals surface area (Å²) < 4.78 is 7.31. The van der Waals surface area contributed by atoms with Crippen LogP contribution >= 0.6 is 0 Å². The summed E-state index contributed by atoms with van der Waals surface area (Å²) in [5, 5.41) is 5.79. The van der Waals surface area contributed by atoms with Gasteiger partial charge < -0.3 is 4.74 Å². The van der Waals surface area contributed by atoms with Crippen molar-refractivity contribution in [3.05, 3.63) is 48.2 Å². The Bertz CT molecular complexity index is 810. The van der Waals surface area contributed by atoms with Gasteiger partial charge in [0.25, 0.3) is 0 Å². The van der Waals surface area contributed by atoms with Crippen molar-refractivity contribution in [2.24, 2.45) is 7.05 Å². The number of aryl methyl sites for hydroxylation is 1. The minimum Gasteiger partial charge on any atom is -0.469 e. The summed E-state index contributed by atoms with van der Waals surface area (Å²) >= 11 is 0. The minimum atomic E-state index is -0.0170. The number of pyridine rings is 1. The minimum absolute atomic E-state index is 0.0170. The van der Waals surface area contributed by atoms with Crippen molar-refractivity contribution in [2.45, 2.75) is 13.5 Å².